The minimum absolute atomic E-state index is 0.0518. The van der Waals surface area contributed by atoms with Crippen LogP contribution in [0.15, 0.2) is 42.5 Å². The van der Waals surface area contributed by atoms with Gasteiger partial charge in [0.05, 0.1) is 0 Å². The molecule has 27 heavy (non-hydrogen) atoms. The summed E-state index contributed by atoms with van der Waals surface area (Å²) in [5, 5.41) is 14.0. The maximum absolute atomic E-state index is 11.9. The number of carbonyl (C=O) groups excluding carboxylic acids is 1. The number of carbonyl (C=O) groups is 1. The zero-order valence-corrected chi connectivity index (χ0v) is 16.9. The molecule has 5 nitrogen and oxygen atoms in total. The molecule has 2 aromatic carbocycles. The van der Waals surface area contributed by atoms with Gasteiger partial charge in [0.15, 0.2) is 0 Å². The van der Waals surface area contributed by atoms with Crippen LogP contribution in [0.2, 0.25) is 5.02 Å². The molecule has 1 amide bonds. The van der Waals surface area contributed by atoms with E-state index < -0.39 is 17.8 Å². The number of halogens is 1. The van der Waals surface area contributed by atoms with Crippen molar-refractivity contribution in [3.63, 3.8) is 0 Å². The third-order valence-electron chi connectivity index (χ3n) is 4.11. The van der Waals surface area contributed by atoms with Crippen molar-refractivity contribution in [2.75, 3.05) is 12.3 Å². The summed E-state index contributed by atoms with van der Waals surface area (Å²) in [6.07, 6.45) is -1.35. The molecule has 2 atom stereocenters. The molecule has 0 aliphatic carbocycles. The Labute approximate surface area is 165 Å². The molecule has 0 saturated carbocycles. The van der Waals surface area contributed by atoms with Crippen molar-refractivity contribution < 1.29 is 14.6 Å². The van der Waals surface area contributed by atoms with Crippen molar-refractivity contribution >= 4 is 23.4 Å². The van der Waals surface area contributed by atoms with Crippen molar-refractivity contribution in [1.29, 1.82) is 0 Å². The number of nitrogens with two attached hydrogens (primary N) is 1. The molecule has 0 spiro atoms. The molecule has 0 saturated heterocycles. The van der Waals surface area contributed by atoms with Crippen LogP contribution in [-0.4, -0.2) is 23.3 Å². The highest BCUT2D eigenvalue weighted by Gasteiger charge is 2.20. The first-order valence-corrected chi connectivity index (χ1v) is 9.25. The van der Waals surface area contributed by atoms with Crippen LogP contribution < -0.4 is 11.1 Å². The minimum atomic E-state index is -0.880. The highest BCUT2D eigenvalue weighted by molar-refractivity contribution is 6.30. The van der Waals surface area contributed by atoms with Gasteiger partial charge in [0.1, 0.15) is 11.7 Å². The number of alkyl carbamates (subject to hydrolysis) is 1. The number of ether oxygens (including phenoxy) is 1. The summed E-state index contributed by atoms with van der Waals surface area (Å²) < 4.78 is 5.25. The van der Waals surface area contributed by atoms with E-state index >= 15 is 0 Å². The summed E-state index contributed by atoms with van der Waals surface area (Å²) in [6.45, 7) is 7.77. The van der Waals surface area contributed by atoms with Crippen molar-refractivity contribution in [2.24, 2.45) is 0 Å². The standard InChI is InChI=1S/C21H27ClN2O3/c1-13(12-24-20(26)27-21(2,3)4)16-9-6-10-17(18(16)23)19(25)14-7-5-8-15(22)11-14/h5-11,13,19,25H,12,23H2,1-4H3,(H,24,26). The van der Waals surface area contributed by atoms with E-state index in [1.807, 2.05) is 39.8 Å². The van der Waals surface area contributed by atoms with Gasteiger partial charge in [0.25, 0.3) is 0 Å². The lowest BCUT2D eigenvalue weighted by Gasteiger charge is -2.22. The first-order chi connectivity index (χ1) is 12.6. The fraction of sp³-hybridized carbons (Fsp3) is 0.381. The molecule has 0 aliphatic rings. The first-order valence-electron chi connectivity index (χ1n) is 8.87. The number of nitrogens with one attached hydrogen (secondary N) is 1. The largest absolute Gasteiger partial charge is 0.444 e. The van der Waals surface area contributed by atoms with Crippen molar-refractivity contribution in [1.82, 2.24) is 5.32 Å². The average molecular weight is 391 g/mol. The second-order valence-electron chi connectivity index (χ2n) is 7.59. The predicted octanol–water partition coefficient (Wildman–Crippen LogP) is 4.63. The van der Waals surface area contributed by atoms with E-state index in [9.17, 15) is 9.90 Å². The third kappa shape index (κ3) is 5.88. The maximum Gasteiger partial charge on any atom is 0.407 e. The van der Waals surface area contributed by atoms with Crippen LogP contribution in [0, 0.1) is 0 Å². The third-order valence-corrected chi connectivity index (χ3v) is 4.35. The highest BCUT2D eigenvalue weighted by Crippen LogP contribution is 2.33. The number of para-hydroxylation sites is 1. The smallest absolute Gasteiger partial charge is 0.407 e. The number of anilines is 1. The van der Waals surface area contributed by atoms with Gasteiger partial charge in [-0.15, -0.1) is 0 Å². The van der Waals surface area contributed by atoms with Gasteiger partial charge in [-0.2, -0.15) is 0 Å². The fourth-order valence-electron chi connectivity index (χ4n) is 2.79. The van der Waals surface area contributed by atoms with Crippen LogP contribution in [0.5, 0.6) is 0 Å². The number of benzene rings is 2. The van der Waals surface area contributed by atoms with Gasteiger partial charge in [0.2, 0.25) is 0 Å². The zero-order valence-electron chi connectivity index (χ0n) is 16.1. The topological polar surface area (TPSA) is 84.6 Å². The monoisotopic (exact) mass is 390 g/mol. The Morgan fingerprint density at radius 3 is 2.48 bits per heavy atom. The Kier molecular flexibility index (Phi) is 6.73. The predicted molar refractivity (Wildman–Crippen MR) is 109 cm³/mol. The lowest BCUT2D eigenvalue weighted by molar-refractivity contribution is 0.0525. The summed E-state index contributed by atoms with van der Waals surface area (Å²) in [5.41, 5.74) is 8.42. The average Bonchev–Trinajstić information content (AvgIpc) is 2.58. The summed E-state index contributed by atoms with van der Waals surface area (Å²) in [7, 11) is 0. The molecule has 0 heterocycles. The molecule has 146 valence electrons. The second kappa shape index (κ2) is 8.63. The second-order valence-corrected chi connectivity index (χ2v) is 8.03. The van der Waals surface area contributed by atoms with E-state index in [0.717, 1.165) is 5.56 Å². The van der Waals surface area contributed by atoms with Crippen LogP contribution in [0.25, 0.3) is 0 Å². The van der Waals surface area contributed by atoms with Gasteiger partial charge in [-0.3, -0.25) is 0 Å². The normalized spacial score (nSPS) is 13.7. The van der Waals surface area contributed by atoms with E-state index in [1.165, 1.54) is 0 Å². The number of nitrogen functional groups attached to an aromatic ring is 1. The van der Waals surface area contributed by atoms with Crippen LogP contribution >= 0.6 is 11.6 Å². The first kappa shape index (κ1) is 21.1. The maximum atomic E-state index is 11.9. The molecular weight excluding hydrogens is 364 g/mol. The molecule has 2 rings (SSSR count). The van der Waals surface area contributed by atoms with Crippen molar-refractivity contribution in [3.05, 3.63) is 64.2 Å². The summed E-state index contributed by atoms with van der Waals surface area (Å²) in [4.78, 5) is 11.9. The molecule has 4 N–H and O–H groups in total. The molecule has 0 aliphatic heterocycles. The Hall–Kier alpha value is -2.24. The van der Waals surface area contributed by atoms with Crippen LogP contribution in [0.3, 0.4) is 0 Å². The number of aliphatic hydroxyl groups excluding tert-OH is 1. The van der Waals surface area contributed by atoms with Crippen LogP contribution in [-0.2, 0) is 4.74 Å². The van der Waals surface area contributed by atoms with E-state index in [0.29, 0.717) is 28.4 Å². The van der Waals surface area contributed by atoms with Crippen molar-refractivity contribution in [2.45, 2.75) is 45.3 Å². The van der Waals surface area contributed by atoms with Gasteiger partial charge in [0, 0.05) is 28.7 Å². The lowest BCUT2D eigenvalue weighted by atomic mass is 9.92. The van der Waals surface area contributed by atoms with E-state index in [2.05, 4.69) is 5.32 Å². The zero-order chi connectivity index (χ0) is 20.2. The Morgan fingerprint density at radius 1 is 1.22 bits per heavy atom. The molecule has 0 fully saturated rings. The summed E-state index contributed by atoms with van der Waals surface area (Å²) in [5.74, 6) is -0.0518. The van der Waals surface area contributed by atoms with Gasteiger partial charge < -0.3 is 20.9 Å². The van der Waals surface area contributed by atoms with Gasteiger partial charge >= 0.3 is 6.09 Å². The van der Waals surface area contributed by atoms with Gasteiger partial charge in [-0.1, -0.05) is 48.9 Å². The summed E-state index contributed by atoms with van der Waals surface area (Å²) >= 11 is 6.02. The fourth-order valence-corrected chi connectivity index (χ4v) is 2.99. The molecule has 0 bridgehead atoms. The Bertz CT molecular complexity index is 802. The van der Waals surface area contributed by atoms with E-state index in [4.69, 9.17) is 22.1 Å². The number of hydrogen-bond acceptors (Lipinski definition) is 4. The molecule has 2 aromatic rings. The number of hydrogen-bond donors (Lipinski definition) is 3. The van der Waals surface area contributed by atoms with Crippen molar-refractivity contribution in [3.8, 4) is 0 Å². The quantitative estimate of drug-likeness (QED) is 0.649. The number of amides is 1. The van der Waals surface area contributed by atoms with Crippen LogP contribution in [0.4, 0.5) is 10.5 Å². The van der Waals surface area contributed by atoms with Gasteiger partial charge in [-0.25, -0.2) is 4.79 Å². The van der Waals surface area contributed by atoms with Gasteiger partial charge in [-0.05, 0) is 44.0 Å². The SMILES string of the molecule is CC(CNC(=O)OC(C)(C)C)c1cccc(C(O)c2cccc(Cl)c2)c1N. The molecule has 0 radical (unpaired) electrons. The summed E-state index contributed by atoms with van der Waals surface area (Å²) in [6, 6.07) is 12.6. The molecule has 2 unspecified atom stereocenters. The van der Waals surface area contributed by atoms with Crippen LogP contribution in [0.1, 0.15) is 56.4 Å². The Balaban J connectivity index is 2.15. The van der Waals surface area contributed by atoms with E-state index in [-0.39, 0.29) is 5.92 Å². The molecule has 6 heteroatoms. The number of aliphatic hydroxyl groups is 1. The molecule has 0 aromatic heterocycles. The minimum Gasteiger partial charge on any atom is -0.444 e. The highest BCUT2D eigenvalue weighted by atomic mass is 35.5. The lowest BCUT2D eigenvalue weighted by Crippen LogP contribution is -2.34. The Morgan fingerprint density at radius 2 is 1.85 bits per heavy atom. The molecular formula is C21H27ClN2O3. The number of rotatable bonds is 5. The van der Waals surface area contributed by atoms with E-state index in [1.54, 1.807) is 30.3 Å².